The van der Waals surface area contributed by atoms with Crippen LogP contribution in [0.25, 0.3) is 0 Å². The van der Waals surface area contributed by atoms with E-state index in [1.807, 2.05) is 46.4 Å². The molecule has 1 aromatic carbocycles. The van der Waals surface area contributed by atoms with Gasteiger partial charge >= 0.3 is 0 Å². The first-order valence-electron chi connectivity index (χ1n) is 11.6. The van der Waals surface area contributed by atoms with E-state index in [0.717, 1.165) is 42.3 Å². The van der Waals surface area contributed by atoms with Gasteiger partial charge in [-0.15, -0.1) is 0 Å². The monoisotopic (exact) mass is 477 g/mol. The molecule has 0 saturated heterocycles. The van der Waals surface area contributed by atoms with Crippen molar-refractivity contribution in [2.75, 3.05) is 68.7 Å². The van der Waals surface area contributed by atoms with Crippen LogP contribution < -0.4 is 25.6 Å². The summed E-state index contributed by atoms with van der Waals surface area (Å²) in [6.07, 6.45) is 3.42. The van der Waals surface area contributed by atoms with Gasteiger partial charge in [0.25, 0.3) is 0 Å². The average Bonchev–Trinajstić information content (AvgIpc) is 3.07. The second-order valence-corrected chi connectivity index (χ2v) is 9.92. The Kier molecular flexibility index (Phi) is 6.66. The van der Waals surface area contributed by atoms with Gasteiger partial charge in [0.2, 0.25) is 11.9 Å². The van der Waals surface area contributed by atoms with Crippen LogP contribution in [0, 0.1) is 6.92 Å². The normalized spacial score (nSPS) is 14.2. The maximum Gasteiger partial charge on any atom is 0.234 e. The summed E-state index contributed by atoms with van der Waals surface area (Å²) in [6.45, 7) is 8.88. The van der Waals surface area contributed by atoms with Gasteiger partial charge in [-0.1, -0.05) is 13.8 Å². The molecule has 0 spiro atoms. The molecule has 10 nitrogen and oxygen atoms in total. The van der Waals surface area contributed by atoms with Gasteiger partial charge < -0.3 is 30.5 Å². The number of pyridine rings is 1. The SMILES string of the molecule is COc1cc(N(C)CCN(C)C)c(N)cc1Nc1ncnc(N2CC(C)(C)c3ncc(C)cc32)n1. The molecule has 0 unspecified atom stereocenters. The first-order valence-corrected chi connectivity index (χ1v) is 11.6. The number of benzene rings is 1. The van der Waals surface area contributed by atoms with E-state index in [2.05, 4.69) is 54.9 Å². The van der Waals surface area contributed by atoms with Crippen LogP contribution in [0.5, 0.6) is 5.75 Å². The lowest BCUT2D eigenvalue weighted by Crippen LogP contribution is -2.29. The molecule has 0 atom stereocenters. The molecule has 0 aliphatic carbocycles. The van der Waals surface area contributed by atoms with Crippen LogP contribution in [0.15, 0.2) is 30.7 Å². The van der Waals surface area contributed by atoms with Gasteiger partial charge in [0.1, 0.15) is 12.1 Å². The summed E-state index contributed by atoms with van der Waals surface area (Å²) in [6, 6.07) is 5.91. The summed E-state index contributed by atoms with van der Waals surface area (Å²) in [5.74, 6) is 1.63. The van der Waals surface area contributed by atoms with Gasteiger partial charge in [-0.25, -0.2) is 9.97 Å². The van der Waals surface area contributed by atoms with E-state index in [4.69, 9.17) is 15.5 Å². The van der Waals surface area contributed by atoms with Crippen LogP contribution in [-0.4, -0.2) is 72.7 Å². The lowest BCUT2D eigenvalue weighted by atomic mass is 9.91. The number of aromatic nitrogens is 4. The zero-order valence-electron chi connectivity index (χ0n) is 21.6. The van der Waals surface area contributed by atoms with Crippen molar-refractivity contribution in [1.82, 2.24) is 24.8 Å². The number of aryl methyl sites for hydroxylation is 1. The standard InChI is InChI=1S/C25H35N9O/c1-16-10-20-22(27-13-16)25(2,3)14-34(20)24-29-15-28-23(31-24)30-18-11-17(26)19(12-21(18)35-7)33(6)9-8-32(4)5/h10-13,15H,8-9,14,26H2,1-7H3,(H,28,29,30,31). The van der Waals surface area contributed by atoms with E-state index >= 15 is 0 Å². The van der Waals surface area contributed by atoms with Crippen LogP contribution >= 0.6 is 0 Å². The molecule has 2 aromatic heterocycles. The van der Waals surface area contributed by atoms with Crippen molar-refractivity contribution in [3.8, 4) is 5.75 Å². The smallest absolute Gasteiger partial charge is 0.234 e. The fraction of sp³-hybridized carbons (Fsp3) is 0.440. The topological polar surface area (TPSA) is 109 Å². The van der Waals surface area contributed by atoms with Gasteiger partial charge in [0, 0.05) is 44.4 Å². The van der Waals surface area contributed by atoms with Crippen LogP contribution in [-0.2, 0) is 5.41 Å². The van der Waals surface area contributed by atoms with Crippen LogP contribution in [0.1, 0.15) is 25.1 Å². The molecule has 0 amide bonds. The number of rotatable bonds is 8. The number of anilines is 6. The Labute approximate surface area is 207 Å². The number of hydrogen-bond acceptors (Lipinski definition) is 10. The molecular weight excluding hydrogens is 442 g/mol. The highest BCUT2D eigenvalue weighted by Crippen LogP contribution is 2.42. The number of nitrogens with two attached hydrogens (primary N) is 1. The third-order valence-electron chi connectivity index (χ3n) is 6.18. The first-order chi connectivity index (χ1) is 16.6. The summed E-state index contributed by atoms with van der Waals surface area (Å²) in [5.41, 5.74) is 11.7. The molecule has 35 heavy (non-hydrogen) atoms. The minimum Gasteiger partial charge on any atom is -0.494 e. The van der Waals surface area contributed by atoms with E-state index in [-0.39, 0.29) is 5.41 Å². The summed E-state index contributed by atoms with van der Waals surface area (Å²) in [5, 5.41) is 3.26. The van der Waals surface area contributed by atoms with Crippen molar-refractivity contribution in [1.29, 1.82) is 0 Å². The van der Waals surface area contributed by atoms with E-state index in [9.17, 15) is 0 Å². The Balaban J connectivity index is 1.61. The predicted octanol–water partition coefficient (Wildman–Crippen LogP) is 3.34. The van der Waals surface area contributed by atoms with Crippen LogP contribution in [0.4, 0.5) is 34.6 Å². The molecule has 10 heteroatoms. The van der Waals surface area contributed by atoms with Crippen molar-refractivity contribution in [3.63, 3.8) is 0 Å². The second-order valence-electron chi connectivity index (χ2n) is 9.92. The van der Waals surface area contributed by atoms with Crippen molar-refractivity contribution < 1.29 is 4.74 Å². The highest BCUT2D eigenvalue weighted by Gasteiger charge is 2.38. The molecule has 0 bridgehead atoms. The van der Waals surface area contributed by atoms with E-state index in [1.165, 1.54) is 6.33 Å². The Morgan fingerprint density at radius 1 is 1.11 bits per heavy atom. The number of methoxy groups -OCH3 is 1. The summed E-state index contributed by atoms with van der Waals surface area (Å²) in [7, 11) is 7.75. The summed E-state index contributed by atoms with van der Waals surface area (Å²) < 4.78 is 5.66. The lowest BCUT2D eigenvalue weighted by Gasteiger charge is -2.24. The van der Waals surface area contributed by atoms with Crippen molar-refractivity contribution >= 4 is 34.6 Å². The molecular formula is C25H35N9O. The Morgan fingerprint density at radius 2 is 1.89 bits per heavy atom. The Hall–Kier alpha value is -3.66. The molecule has 3 aromatic rings. The number of likely N-dealkylation sites (N-methyl/N-ethyl adjacent to an activating group) is 2. The number of ether oxygens (including phenoxy) is 1. The molecule has 186 valence electrons. The third-order valence-corrected chi connectivity index (χ3v) is 6.18. The maximum atomic E-state index is 6.41. The molecule has 3 N–H and O–H groups in total. The highest BCUT2D eigenvalue weighted by molar-refractivity contribution is 5.79. The zero-order chi connectivity index (χ0) is 25.3. The summed E-state index contributed by atoms with van der Waals surface area (Å²) in [4.78, 5) is 24.5. The van der Waals surface area contributed by atoms with Gasteiger partial charge in [-0.3, -0.25) is 4.98 Å². The molecule has 1 aliphatic heterocycles. The quantitative estimate of drug-likeness (QED) is 0.469. The molecule has 3 heterocycles. The minimum atomic E-state index is -0.116. The molecule has 0 radical (unpaired) electrons. The number of fused-ring (bicyclic) bond motifs is 1. The number of nitrogen functional groups attached to an aromatic ring is 1. The van der Waals surface area contributed by atoms with Crippen molar-refractivity contribution in [2.24, 2.45) is 0 Å². The van der Waals surface area contributed by atoms with E-state index < -0.39 is 0 Å². The van der Waals surface area contributed by atoms with Crippen molar-refractivity contribution in [3.05, 3.63) is 42.0 Å². The van der Waals surface area contributed by atoms with Gasteiger partial charge in [0.15, 0.2) is 0 Å². The van der Waals surface area contributed by atoms with E-state index in [0.29, 0.717) is 29.0 Å². The first kappa shape index (κ1) is 24.5. The third kappa shape index (κ3) is 5.07. The number of nitrogens with zero attached hydrogens (tertiary/aromatic N) is 7. The fourth-order valence-electron chi connectivity index (χ4n) is 4.27. The summed E-state index contributed by atoms with van der Waals surface area (Å²) >= 11 is 0. The molecule has 4 rings (SSSR count). The predicted molar refractivity (Wildman–Crippen MR) is 141 cm³/mol. The highest BCUT2D eigenvalue weighted by atomic mass is 16.5. The number of nitrogens with one attached hydrogen (secondary N) is 1. The minimum absolute atomic E-state index is 0.116. The Morgan fingerprint density at radius 3 is 2.60 bits per heavy atom. The van der Waals surface area contributed by atoms with Gasteiger partial charge in [0.05, 0.1) is 35.6 Å². The maximum absolute atomic E-state index is 6.41. The van der Waals surface area contributed by atoms with Crippen LogP contribution in [0.3, 0.4) is 0 Å². The van der Waals surface area contributed by atoms with Crippen LogP contribution in [0.2, 0.25) is 0 Å². The zero-order valence-corrected chi connectivity index (χ0v) is 21.6. The van der Waals surface area contributed by atoms with E-state index in [1.54, 1.807) is 7.11 Å². The van der Waals surface area contributed by atoms with Gasteiger partial charge in [-0.05, 0) is 38.7 Å². The van der Waals surface area contributed by atoms with Crippen molar-refractivity contribution in [2.45, 2.75) is 26.2 Å². The largest absolute Gasteiger partial charge is 0.494 e. The molecule has 0 fully saturated rings. The molecule has 1 aliphatic rings. The lowest BCUT2D eigenvalue weighted by molar-refractivity contribution is 0.413. The Bertz CT molecular complexity index is 1210. The fourth-order valence-corrected chi connectivity index (χ4v) is 4.27. The number of hydrogen-bond donors (Lipinski definition) is 2. The average molecular weight is 478 g/mol. The molecule has 0 saturated carbocycles. The van der Waals surface area contributed by atoms with Gasteiger partial charge in [-0.2, -0.15) is 4.98 Å². The second kappa shape index (κ2) is 9.53.